The molecule has 1 heterocycles. The molecule has 0 unspecified atom stereocenters. The molecule has 1 aromatic heterocycles. The minimum atomic E-state index is 0.0823. The van der Waals surface area contributed by atoms with E-state index in [0.29, 0.717) is 35.7 Å². The van der Waals surface area contributed by atoms with Crippen LogP contribution in [0.25, 0.3) is 0 Å². The van der Waals surface area contributed by atoms with Crippen molar-refractivity contribution in [3.05, 3.63) is 58.8 Å². The number of allylic oxidation sites excluding steroid dienone is 1. The van der Waals surface area contributed by atoms with Crippen LogP contribution in [-0.4, -0.2) is 30.5 Å². The molecule has 2 aromatic rings. The van der Waals surface area contributed by atoms with Crippen molar-refractivity contribution < 1.29 is 14.6 Å². The first-order chi connectivity index (χ1) is 13.0. The summed E-state index contributed by atoms with van der Waals surface area (Å²) < 4.78 is 10.3. The topological polar surface area (TPSA) is 99.8 Å². The Morgan fingerprint density at radius 1 is 1.33 bits per heavy atom. The molecule has 0 fully saturated rings. The standard InChI is InChI=1S/C20H22N4O3/c1-5-6-15-8-14(9-18(27-4)19(15)25)11-22-24-20-17(10-21)16(12-26-3)7-13(2)23-20/h5,7-9,11,25H,1,6,12H2,2-4H3,(H,23,24)/b22-11+. The summed E-state index contributed by atoms with van der Waals surface area (Å²) in [7, 11) is 3.06. The molecule has 0 atom stereocenters. The number of anilines is 1. The zero-order valence-corrected chi connectivity index (χ0v) is 15.6. The highest BCUT2D eigenvalue weighted by Gasteiger charge is 2.11. The van der Waals surface area contributed by atoms with Crippen molar-refractivity contribution in [3.63, 3.8) is 0 Å². The van der Waals surface area contributed by atoms with Gasteiger partial charge in [-0.2, -0.15) is 10.4 Å². The van der Waals surface area contributed by atoms with Crippen molar-refractivity contribution in [1.29, 1.82) is 5.26 Å². The zero-order valence-electron chi connectivity index (χ0n) is 15.6. The van der Waals surface area contributed by atoms with Crippen LogP contribution in [0.5, 0.6) is 11.5 Å². The van der Waals surface area contributed by atoms with Crippen LogP contribution in [0.2, 0.25) is 0 Å². The number of aromatic hydroxyl groups is 1. The van der Waals surface area contributed by atoms with Crippen molar-refractivity contribution >= 4 is 12.0 Å². The molecule has 2 rings (SSSR count). The lowest BCUT2D eigenvalue weighted by Crippen LogP contribution is -2.03. The molecule has 0 saturated carbocycles. The van der Waals surface area contributed by atoms with Gasteiger partial charge in [0.2, 0.25) is 0 Å². The second kappa shape index (κ2) is 9.36. The number of hydrazone groups is 1. The van der Waals surface area contributed by atoms with Gasteiger partial charge in [0.25, 0.3) is 0 Å². The Bertz CT molecular complexity index is 901. The lowest BCUT2D eigenvalue weighted by Gasteiger charge is -2.10. The van der Waals surface area contributed by atoms with E-state index >= 15 is 0 Å². The fourth-order valence-electron chi connectivity index (χ4n) is 2.61. The van der Waals surface area contributed by atoms with Gasteiger partial charge in [-0.1, -0.05) is 6.08 Å². The summed E-state index contributed by atoms with van der Waals surface area (Å²) in [6, 6.07) is 7.39. The fourth-order valence-corrected chi connectivity index (χ4v) is 2.61. The summed E-state index contributed by atoms with van der Waals surface area (Å²) in [6.45, 7) is 5.83. The lowest BCUT2D eigenvalue weighted by atomic mass is 10.1. The van der Waals surface area contributed by atoms with Crippen LogP contribution >= 0.6 is 0 Å². The summed E-state index contributed by atoms with van der Waals surface area (Å²) >= 11 is 0. The van der Waals surface area contributed by atoms with Gasteiger partial charge in [-0.25, -0.2) is 4.98 Å². The second-order valence-corrected chi connectivity index (χ2v) is 5.78. The highest BCUT2D eigenvalue weighted by molar-refractivity contribution is 5.82. The van der Waals surface area contributed by atoms with Gasteiger partial charge in [-0.05, 0) is 37.1 Å². The average Bonchev–Trinajstić information content (AvgIpc) is 2.64. The van der Waals surface area contributed by atoms with Gasteiger partial charge in [-0.3, -0.25) is 5.43 Å². The molecule has 1 aromatic carbocycles. The molecule has 7 nitrogen and oxygen atoms in total. The van der Waals surface area contributed by atoms with E-state index in [1.807, 2.05) is 13.0 Å². The van der Waals surface area contributed by atoms with Gasteiger partial charge in [0.1, 0.15) is 11.6 Å². The minimum absolute atomic E-state index is 0.0823. The maximum atomic E-state index is 10.1. The Kier molecular flexibility index (Phi) is 6.92. The summed E-state index contributed by atoms with van der Waals surface area (Å²) in [5.74, 6) is 0.793. The molecule has 140 valence electrons. The number of phenols is 1. The number of nitrogens with zero attached hydrogens (tertiary/aromatic N) is 3. The molecule has 0 bridgehead atoms. The van der Waals surface area contributed by atoms with Gasteiger partial charge >= 0.3 is 0 Å². The highest BCUT2D eigenvalue weighted by Crippen LogP contribution is 2.31. The van der Waals surface area contributed by atoms with Crippen molar-refractivity contribution in [2.45, 2.75) is 20.0 Å². The largest absolute Gasteiger partial charge is 0.504 e. The number of aromatic nitrogens is 1. The first-order valence-electron chi connectivity index (χ1n) is 8.23. The number of hydrogen-bond acceptors (Lipinski definition) is 7. The molecule has 0 aliphatic rings. The molecule has 0 saturated heterocycles. The third-order valence-electron chi connectivity index (χ3n) is 3.79. The van der Waals surface area contributed by atoms with Crippen LogP contribution in [0.1, 0.15) is 27.9 Å². The smallest absolute Gasteiger partial charge is 0.164 e. The quantitative estimate of drug-likeness (QED) is 0.422. The number of ether oxygens (including phenoxy) is 2. The van der Waals surface area contributed by atoms with Gasteiger partial charge in [0.15, 0.2) is 17.3 Å². The molecule has 0 amide bonds. The number of nitriles is 1. The van der Waals surface area contributed by atoms with Crippen LogP contribution in [0.15, 0.2) is 36.0 Å². The number of benzene rings is 1. The Balaban J connectivity index is 2.31. The van der Waals surface area contributed by atoms with Gasteiger partial charge in [0.05, 0.1) is 19.9 Å². The number of phenolic OH excluding ortho intramolecular Hbond substituents is 1. The zero-order chi connectivity index (χ0) is 19.8. The molecular formula is C20H22N4O3. The van der Waals surface area contributed by atoms with Crippen molar-refractivity contribution in [1.82, 2.24) is 4.98 Å². The molecule has 0 spiro atoms. The van der Waals surface area contributed by atoms with Crippen molar-refractivity contribution in [2.24, 2.45) is 5.10 Å². The normalized spacial score (nSPS) is 10.6. The predicted octanol–water partition coefficient (Wildman–Crippen LogP) is 3.30. The number of nitrogens with one attached hydrogen (secondary N) is 1. The van der Waals surface area contributed by atoms with Crippen LogP contribution in [0.3, 0.4) is 0 Å². The number of rotatable bonds is 8. The van der Waals surface area contributed by atoms with Crippen molar-refractivity contribution in [2.75, 3.05) is 19.6 Å². The Labute approximate surface area is 158 Å². The van der Waals surface area contributed by atoms with E-state index in [9.17, 15) is 10.4 Å². The molecular weight excluding hydrogens is 344 g/mol. The van der Waals surface area contributed by atoms with E-state index in [1.165, 1.54) is 7.11 Å². The van der Waals surface area contributed by atoms with E-state index in [1.54, 1.807) is 31.5 Å². The Hall–Kier alpha value is -3.37. The monoisotopic (exact) mass is 366 g/mol. The van der Waals surface area contributed by atoms with Crippen LogP contribution in [0, 0.1) is 18.3 Å². The summed E-state index contributed by atoms with van der Waals surface area (Å²) in [5.41, 5.74) is 6.09. The number of hydrogen-bond donors (Lipinski definition) is 2. The summed E-state index contributed by atoms with van der Waals surface area (Å²) in [6.07, 6.45) is 3.76. The van der Waals surface area contributed by atoms with E-state index in [4.69, 9.17) is 9.47 Å². The van der Waals surface area contributed by atoms with Crippen molar-refractivity contribution in [3.8, 4) is 17.6 Å². The average molecular weight is 366 g/mol. The number of methoxy groups -OCH3 is 2. The minimum Gasteiger partial charge on any atom is -0.504 e. The maximum Gasteiger partial charge on any atom is 0.164 e. The highest BCUT2D eigenvalue weighted by atomic mass is 16.5. The van der Waals surface area contributed by atoms with Crippen LogP contribution < -0.4 is 10.2 Å². The Morgan fingerprint density at radius 3 is 2.74 bits per heavy atom. The van der Waals surface area contributed by atoms with E-state index in [0.717, 1.165) is 16.8 Å². The first kappa shape index (κ1) is 19.9. The molecule has 0 aliphatic heterocycles. The first-order valence-corrected chi connectivity index (χ1v) is 8.23. The summed E-state index contributed by atoms with van der Waals surface area (Å²) in [5, 5.41) is 23.7. The van der Waals surface area contributed by atoms with E-state index < -0.39 is 0 Å². The van der Waals surface area contributed by atoms with Gasteiger partial charge in [0, 0.05) is 23.9 Å². The number of aryl methyl sites for hydroxylation is 1. The molecule has 27 heavy (non-hydrogen) atoms. The third kappa shape index (κ3) is 4.84. The lowest BCUT2D eigenvalue weighted by molar-refractivity contribution is 0.184. The van der Waals surface area contributed by atoms with E-state index in [-0.39, 0.29) is 5.75 Å². The molecule has 0 radical (unpaired) electrons. The third-order valence-corrected chi connectivity index (χ3v) is 3.79. The van der Waals surface area contributed by atoms with Gasteiger partial charge in [-0.15, -0.1) is 6.58 Å². The SMILES string of the molecule is C=CCc1cc(/C=N/Nc2nc(C)cc(COC)c2C#N)cc(OC)c1O. The predicted molar refractivity (Wildman–Crippen MR) is 104 cm³/mol. The van der Waals surface area contributed by atoms with E-state index in [2.05, 4.69) is 28.2 Å². The second-order valence-electron chi connectivity index (χ2n) is 5.78. The number of pyridine rings is 1. The maximum absolute atomic E-state index is 10.1. The fraction of sp³-hybridized carbons (Fsp3) is 0.250. The van der Waals surface area contributed by atoms with Crippen LogP contribution in [0.4, 0.5) is 5.82 Å². The summed E-state index contributed by atoms with van der Waals surface area (Å²) in [4.78, 5) is 4.33. The molecule has 7 heteroatoms. The van der Waals surface area contributed by atoms with Gasteiger partial charge < -0.3 is 14.6 Å². The Morgan fingerprint density at radius 2 is 2.11 bits per heavy atom. The molecule has 0 aliphatic carbocycles. The van der Waals surface area contributed by atoms with Crippen LogP contribution in [-0.2, 0) is 17.8 Å². The molecule has 2 N–H and O–H groups in total.